The summed E-state index contributed by atoms with van der Waals surface area (Å²) < 4.78 is 10.3. The van der Waals surface area contributed by atoms with Crippen LogP contribution in [-0.4, -0.2) is 19.0 Å². The third-order valence-corrected chi connectivity index (χ3v) is 4.54. The van der Waals surface area contributed by atoms with Crippen LogP contribution in [0.2, 0.25) is 0 Å². The van der Waals surface area contributed by atoms with E-state index in [1.165, 1.54) is 7.11 Å². The van der Waals surface area contributed by atoms with Crippen molar-refractivity contribution in [2.45, 2.75) is 20.8 Å². The van der Waals surface area contributed by atoms with Gasteiger partial charge in [-0.25, -0.2) is 4.79 Å². The minimum Gasteiger partial charge on any atom is -0.466 e. The molecule has 0 aliphatic carbocycles. The van der Waals surface area contributed by atoms with Gasteiger partial charge < -0.3 is 14.5 Å². The molecule has 0 saturated carbocycles. The lowest BCUT2D eigenvalue weighted by Gasteiger charge is -2.06. The lowest BCUT2D eigenvalue weighted by atomic mass is 10.1. The maximum absolute atomic E-state index is 12.6. The molecule has 5 heteroatoms. The Labute approximate surface area is 169 Å². The van der Waals surface area contributed by atoms with E-state index in [0.29, 0.717) is 28.1 Å². The van der Waals surface area contributed by atoms with E-state index in [1.54, 1.807) is 37.3 Å². The van der Waals surface area contributed by atoms with E-state index in [0.717, 1.165) is 16.9 Å². The Morgan fingerprint density at radius 2 is 1.59 bits per heavy atom. The molecule has 146 valence electrons. The van der Waals surface area contributed by atoms with Gasteiger partial charge in [0, 0.05) is 22.4 Å². The Kier molecular flexibility index (Phi) is 5.85. The van der Waals surface area contributed by atoms with Gasteiger partial charge in [-0.05, 0) is 57.2 Å². The molecule has 1 amide bonds. The van der Waals surface area contributed by atoms with Crippen LogP contribution >= 0.6 is 0 Å². The van der Waals surface area contributed by atoms with Crippen LogP contribution in [0.4, 0.5) is 5.69 Å². The summed E-state index contributed by atoms with van der Waals surface area (Å²) in [6.07, 6.45) is 0. The van der Waals surface area contributed by atoms with E-state index < -0.39 is 5.97 Å². The van der Waals surface area contributed by atoms with Gasteiger partial charge in [-0.1, -0.05) is 24.0 Å². The number of hydrogen-bond donors (Lipinski definition) is 1. The monoisotopic (exact) mass is 387 g/mol. The van der Waals surface area contributed by atoms with Crippen molar-refractivity contribution in [2.24, 2.45) is 0 Å². The highest BCUT2D eigenvalue weighted by Crippen LogP contribution is 2.22. The second-order valence-electron chi connectivity index (χ2n) is 6.57. The third-order valence-electron chi connectivity index (χ3n) is 4.54. The van der Waals surface area contributed by atoms with Gasteiger partial charge in [0.05, 0.1) is 18.2 Å². The summed E-state index contributed by atoms with van der Waals surface area (Å²) in [7, 11) is 1.34. The van der Waals surface area contributed by atoms with Gasteiger partial charge in [-0.2, -0.15) is 0 Å². The summed E-state index contributed by atoms with van der Waals surface area (Å²) in [5.74, 6) is 6.80. The molecule has 0 radical (unpaired) electrons. The number of anilines is 1. The van der Waals surface area contributed by atoms with E-state index in [-0.39, 0.29) is 5.91 Å². The molecule has 3 rings (SSSR count). The number of amides is 1. The van der Waals surface area contributed by atoms with E-state index in [9.17, 15) is 9.59 Å². The maximum Gasteiger partial charge on any atom is 0.337 e. The number of methoxy groups -OCH3 is 1. The zero-order valence-electron chi connectivity index (χ0n) is 16.8. The minimum absolute atomic E-state index is 0.215. The first-order valence-corrected chi connectivity index (χ1v) is 9.07. The van der Waals surface area contributed by atoms with Crippen LogP contribution in [0.25, 0.3) is 0 Å². The quantitative estimate of drug-likeness (QED) is 0.525. The smallest absolute Gasteiger partial charge is 0.337 e. The molecule has 0 aliphatic rings. The number of nitrogens with one attached hydrogen (secondary N) is 1. The molecule has 0 spiro atoms. The summed E-state index contributed by atoms with van der Waals surface area (Å²) in [5, 5.41) is 2.90. The average Bonchev–Trinajstić information content (AvgIpc) is 2.97. The van der Waals surface area contributed by atoms with Crippen LogP contribution in [0, 0.1) is 32.6 Å². The summed E-state index contributed by atoms with van der Waals surface area (Å²) >= 11 is 0. The first kappa shape index (κ1) is 20.0. The third kappa shape index (κ3) is 4.56. The van der Waals surface area contributed by atoms with Crippen molar-refractivity contribution in [1.29, 1.82) is 0 Å². The summed E-state index contributed by atoms with van der Waals surface area (Å²) in [4.78, 5) is 24.3. The Bertz CT molecular complexity index is 1150. The second-order valence-corrected chi connectivity index (χ2v) is 6.57. The van der Waals surface area contributed by atoms with Crippen molar-refractivity contribution in [2.75, 3.05) is 12.4 Å². The topological polar surface area (TPSA) is 68.5 Å². The molecule has 1 aromatic heterocycles. The van der Waals surface area contributed by atoms with Crippen molar-refractivity contribution in [3.8, 4) is 11.8 Å². The first-order valence-electron chi connectivity index (χ1n) is 9.07. The highest BCUT2D eigenvalue weighted by molar-refractivity contribution is 6.06. The van der Waals surface area contributed by atoms with Crippen molar-refractivity contribution in [1.82, 2.24) is 0 Å². The fourth-order valence-corrected chi connectivity index (χ4v) is 2.98. The molecule has 0 unspecified atom stereocenters. The van der Waals surface area contributed by atoms with E-state index in [2.05, 4.69) is 17.2 Å². The molecule has 0 aliphatic heterocycles. The van der Waals surface area contributed by atoms with Gasteiger partial charge in [0.2, 0.25) is 0 Å². The number of esters is 1. The van der Waals surface area contributed by atoms with Crippen LogP contribution in [0.3, 0.4) is 0 Å². The van der Waals surface area contributed by atoms with Gasteiger partial charge in [0.25, 0.3) is 5.91 Å². The van der Waals surface area contributed by atoms with Crippen LogP contribution in [0.5, 0.6) is 0 Å². The van der Waals surface area contributed by atoms with E-state index >= 15 is 0 Å². The largest absolute Gasteiger partial charge is 0.466 e. The molecular weight excluding hydrogens is 366 g/mol. The molecular formula is C24H21NO4. The van der Waals surface area contributed by atoms with Crippen LogP contribution < -0.4 is 5.32 Å². The molecule has 0 bridgehead atoms. The molecule has 5 nitrogen and oxygen atoms in total. The highest BCUT2D eigenvalue weighted by atomic mass is 16.5. The van der Waals surface area contributed by atoms with Gasteiger partial charge in [0.15, 0.2) is 0 Å². The summed E-state index contributed by atoms with van der Waals surface area (Å²) in [5.41, 5.74) is 3.91. The van der Waals surface area contributed by atoms with Crippen LogP contribution in [-0.2, 0) is 4.74 Å². The van der Waals surface area contributed by atoms with Crippen molar-refractivity contribution in [3.05, 3.63) is 87.9 Å². The Balaban J connectivity index is 1.80. The zero-order chi connectivity index (χ0) is 21.0. The van der Waals surface area contributed by atoms with Gasteiger partial charge in [0.1, 0.15) is 11.5 Å². The molecule has 3 aromatic rings. The van der Waals surface area contributed by atoms with Crippen molar-refractivity contribution < 1.29 is 18.7 Å². The number of ether oxygens (including phenoxy) is 1. The van der Waals surface area contributed by atoms with Crippen LogP contribution in [0.15, 0.2) is 52.9 Å². The number of carbonyl (C=O) groups is 2. The maximum atomic E-state index is 12.6. The summed E-state index contributed by atoms with van der Waals surface area (Å²) in [6.45, 7) is 5.48. The van der Waals surface area contributed by atoms with Crippen molar-refractivity contribution >= 4 is 17.6 Å². The number of benzene rings is 2. The van der Waals surface area contributed by atoms with Crippen molar-refractivity contribution in [3.63, 3.8) is 0 Å². The fourth-order valence-electron chi connectivity index (χ4n) is 2.98. The normalized spacial score (nSPS) is 10.1. The Morgan fingerprint density at radius 3 is 2.21 bits per heavy atom. The molecule has 0 saturated heterocycles. The lowest BCUT2D eigenvalue weighted by molar-refractivity contribution is 0.0600. The SMILES string of the molecule is COC(=O)c1cccc(C#Cc2cccc(NC(=O)c3c(C)oc(C)c3C)c2)c1. The van der Waals surface area contributed by atoms with Gasteiger partial charge in [-0.3, -0.25) is 4.79 Å². The Hall–Kier alpha value is -3.78. The summed E-state index contributed by atoms with van der Waals surface area (Å²) in [6, 6.07) is 14.2. The number of hydrogen-bond acceptors (Lipinski definition) is 4. The van der Waals surface area contributed by atoms with Crippen LogP contribution in [0.1, 0.15) is 48.9 Å². The lowest BCUT2D eigenvalue weighted by Crippen LogP contribution is -2.13. The minimum atomic E-state index is -0.404. The van der Waals surface area contributed by atoms with E-state index in [4.69, 9.17) is 9.15 Å². The molecule has 0 atom stereocenters. The second kappa shape index (κ2) is 8.49. The average molecular weight is 387 g/mol. The fraction of sp³-hybridized carbons (Fsp3) is 0.167. The molecule has 2 aromatic carbocycles. The van der Waals surface area contributed by atoms with Gasteiger partial charge >= 0.3 is 5.97 Å². The molecule has 1 heterocycles. The molecule has 0 fully saturated rings. The highest BCUT2D eigenvalue weighted by Gasteiger charge is 2.18. The standard InChI is InChI=1S/C24H21NO4/c1-15-16(2)29-17(3)22(15)23(26)25-21-10-6-8-19(14-21)12-11-18-7-5-9-20(13-18)24(27)28-4/h5-10,13-14H,1-4H3,(H,25,26). The molecule has 1 N–H and O–H groups in total. The first-order chi connectivity index (χ1) is 13.9. The number of furan rings is 1. The predicted octanol–water partition coefficient (Wildman–Crippen LogP) is 4.64. The van der Waals surface area contributed by atoms with Gasteiger partial charge in [-0.15, -0.1) is 0 Å². The number of rotatable bonds is 3. The number of aryl methyl sites for hydroxylation is 2. The number of carbonyl (C=O) groups excluding carboxylic acids is 2. The van der Waals surface area contributed by atoms with E-state index in [1.807, 2.05) is 32.0 Å². The predicted molar refractivity (Wildman–Crippen MR) is 111 cm³/mol. The zero-order valence-corrected chi connectivity index (χ0v) is 16.8. The Morgan fingerprint density at radius 1 is 0.931 bits per heavy atom. The molecule has 29 heavy (non-hydrogen) atoms.